The van der Waals surface area contributed by atoms with E-state index >= 15 is 0 Å². The van der Waals surface area contributed by atoms with Gasteiger partial charge in [-0.15, -0.1) is 0 Å². The zero-order valence-corrected chi connectivity index (χ0v) is 11.7. The van der Waals surface area contributed by atoms with Crippen LogP contribution in [-0.2, 0) is 0 Å². The van der Waals surface area contributed by atoms with Gasteiger partial charge in [-0.3, -0.25) is 0 Å². The molecule has 0 aliphatic heterocycles. The van der Waals surface area contributed by atoms with Crippen molar-refractivity contribution >= 4 is 39.1 Å². The molecule has 0 aliphatic rings. The van der Waals surface area contributed by atoms with Crippen LogP contribution in [0.3, 0.4) is 0 Å². The molecule has 0 aliphatic carbocycles. The molecule has 4 N–H and O–H groups in total. The predicted octanol–water partition coefficient (Wildman–Crippen LogP) is 3.44. The molecule has 1 aromatic carbocycles. The van der Waals surface area contributed by atoms with Crippen LogP contribution in [0.5, 0.6) is 0 Å². The molecule has 0 heterocycles. The lowest BCUT2D eigenvalue weighted by atomic mass is 10.1. The highest BCUT2D eigenvalue weighted by Crippen LogP contribution is 2.29. The normalized spacial score (nSPS) is 14.3. The summed E-state index contributed by atoms with van der Waals surface area (Å²) >= 11 is 8.91. The molecule has 0 amide bonds. The van der Waals surface area contributed by atoms with Crippen LogP contribution in [0.1, 0.15) is 0 Å². The number of halogens is 5. The van der Waals surface area contributed by atoms with Crippen molar-refractivity contribution < 1.29 is 18.4 Å². The molecule has 4 nitrogen and oxygen atoms in total. The number of nitrogens with one attached hydrogen (secondary N) is 1. The van der Waals surface area contributed by atoms with Crippen molar-refractivity contribution in [2.45, 2.75) is 6.18 Å². The van der Waals surface area contributed by atoms with Crippen molar-refractivity contribution in [3.05, 3.63) is 27.7 Å². The molecule has 106 valence electrons. The Morgan fingerprint density at radius 1 is 1.53 bits per heavy atom. The van der Waals surface area contributed by atoms with E-state index in [1.165, 1.54) is 6.07 Å². The number of amidine groups is 1. The molecule has 0 bridgehead atoms. The fourth-order valence-corrected chi connectivity index (χ4v) is 1.86. The van der Waals surface area contributed by atoms with E-state index < -0.39 is 24.5 Å². The smallest absolute Gasteiger partial charge is 0.400 e. The van der Waals surface area contributed by atoms with Gasteiger partial charge < -0.3 is 16.3 Å². The van der Waals surface area contributed by atoms with Crippen molar-refractivity contribution in [1.29, 1.82) is 0 Å². The molecular weight excluding hydrogens is 350 g/mol. The maximum absolute atomic E-state index is 12.7. The van der Waals surface area contributed by atoms with Gasteiger partial charge in [0.05, 0.1) is 0 Å². The van der Waals surface area contributed by atoms with Crippen molar-refractivity contribution in [2.24, 2.45) is 16.8 Å². The number of hydrogen-bond donors (Lipinski definition) is 3. The van der Waals surface area contributed by atoms with Gasteiger partial charge in [-0.1, -0.05) is 16.8 Å². The van der Waals surface area contributed by atoms with Crippen molar-refractivity contribution in [2.75, 3.05) is 11.9 Å². The van der Waals surface area contributed by atoms with Gasteiger partial charge in [-0.05, 0) is 34.1 Å². The number of anilines is 1. The summed E-state index contributed by atoms with van der Waals surface area (Å²) in [6.45, 7) is -0.571. The molecule has 1 unspecified atom stereocenters. The minimum absolute atomic E-state index is 0.373. The lowest BCUT2D eigenvalue weighted by Crippen LogP contribution is -2.40. The van der Waals surface area contributed by atoms with E-state index in [0.29, 0.717) is 15.2 Å². The predicted molar refractivity (Wildman–Crippen MR) is 70.6 cm³/mol. The third kappa shape index (κ3) is 4.46. The first-order valence-electron chi connectivity index (χ1n) is 4.98. The molecule has 19 heavy (non-hydrogen) atoms. The van der Waals surface area contributed by atoms with Crippen molar-refractivity contribution in [3.63, 3.8) is 0 Å². The third-order valence-electron chi connectivity index (χ3n) is 2.29. The number of rotatable bonds is 4. The Labute approximate surface area is 120 Å². The van der Waals surface area contributed by atoms with Crippen LogP contribution < -0.4 is 11.1 Å². The van der Waals surface area contributed by atoms with Crippen LogP contribution >= 0.6 is 27.5 Å². The molecular formula is C10H10BrClF3N3O. The highest BCUT2D eigenvalue weighted by molar-refractivity contribution is 9.10. The van der Waals surface area contributed by atoms with Gasteiger partial charge in [0.15, 0.2) is 5.84 Å². The Bertz CT molecular complexity index is 482. The van der Waals surface area contributed by atoms with E-state index in [0.717, 1.165) is 0 Å². The SMILES string of the molecule is N/C(=N/O)C(CNc1cc(Cl)ccc1Br)C(F)(F)F. The molecule has 0 aromatic heterocycles. The second kappa shape index (κ2) is 6.33. The van der Waals surface area contributed by atoms with Crippen LogP contribution in [0, 0.1) is 5.92 Å². The largest absolute Gasteiger partial charge is 0.409 e. The van der Waals surface area contributed by atoms with Gasteiger partial charge in [0.2, 0.25) is 0 Å². The minimum atomic E-state index is -4.62. The highest BCUT2D eigenvalue weighted by Gasteiger charge is 2.42. The molecule has 0 spiro atoms. The molecule has 0 saturated heterocycles. The summed E-state index contributed by atoms with van der Waals surface area (Å²) in [7, 11) is 0. The number of hydrogen-bond acceptors (Lipinski definition) is 3. The summed E-state index contributed by atoms with van der Waals surface area (Å²) in [6.07, 6.45) is -4.62. The fourth-order valence-electron chi connectivity index (χ4n) is 1.30. The topological polar surface area (TPSA) is 70.6 Å². The Balaban J connectivity index is 2.85. The molecule has 0 radical (unpaired) electrons. The van der Waals surface area contributed by atoms with E-state index in [1.807, 2.05) is 0 Å². The van der Waals surface area contributed by atoms with Crippen LogP contribution in [-0.4, -0.2) is 23.8 Å². The van der Waals surface area contributed by atoms with Gasteiger partial charge in [0, 0.05) is 21.7 Å². The average Bonchev–Trinajstić information content (AvgIpc) is 2.31. The summed E-state index contributed by atoms with van der Waals surface area (Å²) in [5, 5.41) is 13.7. The summed E-state index contributed by atoms with van der Waals surface area (Å²) < 4.78 is 38.6. The fraction of sp³-hybridized carbons (Fsp3) is 0.300. The summed E-state index contributed by atoms with van der Waals surface area (Å²) in [4.78, 5) is 0. The molecule has 1 rings (SSSR count). The molecule has 1 atom stereocenters. The second-order valence-electron chi connectivity index (χ2n) is 3.62. The molecule has 0 fully saturated rings. The Kier molecular flexibility index (Phi) is 5.30. The zero-order valence-electron chi connectivity index (χ0n) is 9.38. The Hall–Kier alpha value is -1.15. The molecule has 9 heteroatoms. The lowest BCUT2D eigenvalue weighted by Gasteiger charge is -2.20. The van der Waals surface area contributed by atoms with Crippen molar-refractivity contribution in [1.82, 2.24) is 0 Å². The maximum Gasteiger partial charge on any atom is 0.400 e. The molecule has 0 saturated carbocycles. The van der Waals surface area contributed by atoms with E-state index in [1.54, 1.807) is 12.1 Å². The number of nitrogens with zero attached hydrogens (tertiary/aromatic N) is 1. The number of oxime groups is 1. The first-order valence-corrected chi connectivity index (χ1v) is 6.16. The maximum atomic E-state index is 12.7. The molecule has 1 aromatic rings. The second-order valence-corrected chi connectivity index (χ2v) is 4.91. The number of benzene rings is 1. The zero-order chi connectivity index (χ0) is 14.6. The van der Waals surface area contributed by atoms with E-state index in [2.05, 4.69) is 26.4 Å². The Morgan fingerprint density at radius 2 is 2.16 bits per heavy atom. The van der Waals surface area contributed by atoms with Crippen LogP contribution in [0.25, 0.3) is 0 Å². The van der Waals surface area contributed by atoms with Crippen LogP contribution in [0.4, 0.5) is 18.9 Å². The summed E-state index contributed by atoms with van der Waals surface area (Å²) in [6, 6.07) is 4.64. The van der Waals surface area contributed by atoms with Gasteiger partial charge in [0.1, 0.15) is 5.92 Å². The average molecular weight is 361 g/mol. The highest BCUT2D eigenvalue weighted by atomic mass is 79.9. The van der Waals surface area contributed by atoms with Crippen LogP contribution in [0.15, 0.2) is 27.8 Å². The van der Waals surface area contributed by atoms with E-state index in [4.69, 9.17) is 22.5 Å². The minimum Gasteiger partial charge on any atom is -0.409 e. The van der Waals surface area contributed by atoms with E-state index in [9.17, 15) is 13.2 Å². The van der Waals surface area contributed by atoms with Gasteiger partial charge in [0.25, 0.3) is 0 Å². The van der Waals surface area contributed by atoms with Gasteiger partial charge in [-0.25, -0.2) is 0 Å². The van der Waals surface area contributed by atoms with Crippen LogP contribution in [0.2, 0.25) is 5.02 Å². The Morgan fingerprint density at radius 3 is 2.68 bits per heavy atom. The first kappa shape index (κ1) is 15.9. The lowest BCUT2D eigenvalue weighted by molar-refractivity contribution is -0.152. The van der Waals surface area contributed by atoms with E-state index in [-0.39, 0.29) is 0 Å². The quantitative estimate of drug-likeness (QED) is 0.333. The summed E-state index contributed by atoms with van der Waals surface area (Å²) in [5.74, 6) is -3.00. The summed E-state index contributed by atoms with van der Waals surface area (Å²) in [5.41, 5.74) is 5.42. The monoisotopic (exact) mass is 359 g/mol. The van der Waals surface area contributed by atoms with Gasteiger partial charge >= 0.3 is 6.18 Å². The van der Waals surface area contributed by atoms with Crippen molar-refractivity contribution in [3.8, 4) is 0 Å². The number of nitrogens with two attached hydrogens (primary N) is 1. The number of alkyl halides is 3. The standard InChI is InChI=1S/C10H10BrClF3N3O/c11-7-2-1-5(12)3-8(7)17-4-6(9(16)18-19)10(13,14)15/h1-3,6,17,19H,4H2,(H2,16,18). The third-order valence-corrected chi connectivity index (χ3v) is 3.22. The first-order chi connectivity index (χ1) is 8.75. The van der Waals surface area contributed by atoms with Gasteiger partial charge in [-0.2, -0.15) is 13.2 Å².